The first-order chi connectivity index (χ1) is 7.40. The SMILES string of the molecule is COc1ccc(C(N)=NO)cc1C(F)(F)F. The van der Waals surface area contributed by atoms with Crippen LogP contribution in [0.1, 0.15) is 11.1 Å². The molecule has 0 heterocycles. The van der Waals surface area contributed by atoms with E-state index in [0.29, 0.717) is 0 Å². The second-order valence-corrected chi connectivity index (χ2v) is 2.90. The number of nitrogens with zero attached hydrogens (tertiary/aromatic N) is 1. The standard InChI is InChI=1S/C9H9F3N2O2/c1-16-7-3-2-5(8(13)14-15)4-6(7)9(10,11)12/h2-4,15H,1H3,(H2,13,14). The van der Waals surface area contributed by atoms with E-state index in [-0.39, 0.29) is 11.3 Å². The number of benzene rings is 1. The molecule has 0 unspecified atom stereocenters. The normalized spacial score (nSPS) is 12.6. The van der Waals surface area contributed by atoms with Gasteiger partial charge in [-0.25, -0.2) is 0 Å². The van der Waals surface area contributed by atoms with Crippen molar-refractivity contribution in [3.8, 4) is 5.75 Å². The summed E-state index contributed by atoms with van der Waals surface area (Å²) >= 11 is 0. The Morgan fingerprint density at radius 3 is 2.50 bits per heavy atom. The third-order valence-electron chi connectivity index (χ3n) is 1.91. The number of oxime groups is 1. The molecule has 1 aromatic rings. The highest BCUT2D eigenvalue weighted by Crippen LogP contribution is 2.36. The summed E-state index contributed by atoms with van der Waals surface area (Å²) in [7, 11) is 1.13. The molecule has 0 atom stereocenters. The van der Waals surface area contributed by atoms with Gasteiger partial charge in [0.15, 0.2) is 5.84 Å². The summed E-state index contributed by atoms with van der Waals surface area (Å²) in [6, 6.07) is 3.13. The maximum Gasteiger partial charge on any atom is 0.419 e. The minimum Gasteiger partial charge on any atom is -0.496 e. The van der Waals surface area contributed by atoms with E-state index in [2.05, 4.69) is 9.89 Å². The van der Waals surface area contributed by atoms with Crippen LogP contribution in [0.25, 0.3) is 0 Å². The predicted octanol–water partition coefficient (Wildman–Crippen LogP) is 1.81. The summed E-state index contributed by atoms with van der Waals surface area (Å²) in [5.41, 5.74) is 4.18. The fourth-order valence-electron chi connectivity index (χ4n) is 1.15. The first-order valence-corrected chi connectivity index (χ1v) is 4.13. The number of halogens is 3. The lowest BCUT2D eigenvalue weighted by atomic mass is 10.1. The van der Waals surface area contributed by atoms with E-state index in [9.17, 15) is 13.2 Å². The van der Waals surface area contributed by atoms with Gasteiger partial charge in [-0.2, -0.15) is 13.2 Å². The Morgan fingerprint density at radius 2 is 2.06 bits per heavy atom. The Kier molecular flexibility index (Phi) is 3.26. The number of alkyl halides is 3. The maximum absolute atomic E-state index is 12.6. The van der Waals surface area contributed by atoms with Gasteiger partial charge in [0.1, 0.15) is 5.75 Å². The number of amidine groups is 1. The van der Waals surface area contributed by atoms with Crippen molar-refractivity contribution >= 4 is 5.84 Å². The molecule has 0 spiro atoms. The van der Waals surface area contributed by atoms with Crippen LogP contribution in [0.3, 0.4) is 0 Å². The highest BCUT2D eigenvalue weighted by molar-refractivity contribution is 5.97. The molecular weight excluding hydrogens is 225 g/mol. The van der Waals surface area contributed by atoms with Gasteiger partial charge >= 0.3 is 6.18 Å². The van der Waals surface area contributed by atoms with Crippen LogP contribution in [-0.4, -0.2) is 18.2 Å². The molecule has 0 radical (unpaired) electrons. The van der Waals surface area contributed by atoms with Gasteiger partial charge in [0.25, 0.3) is 0 Å². The van der Waals surface area contributed by atoms with Crippen LogP contribution >= 0.6 is 0 Å². The molecule has 0 bridgehead atoms. The molecule has 0 fully saturated rings. The van der Waals surface area contributed by atoms with Gasteiger partial charge in [-0.05, 0) is 18.2 Å². The van der Waals surface area contributed by atoms with Gasteiger partial charge in [-0.15, -0.1) is 0 Å². The van der Waals surface area contributed by atoms with Gasteiger partial charge < -0.3 is 15.7 Å². The van der Waals surface area contributed by atoms with Crippen LogP contribution in [-0.2, 0) is 6.18 Å². The highest BCUT2D eigenvalue weighted by atomic mass is 19.4. The molecule has 0 aromatic heterocycles. The Hall–Kier alpha value is -1.92. The average molecular weight is 234 g/mol. The van der Waals surface area contributed by atoms with Crippen molar-refractivity contribution < 1.29 is 23.1 Å². The summed E-state index contributed by atoms with van der Waals surface area (Å²) in [6.07, 6.45) is -4.56. The van der Waals surface area contributed by atoms with Gasteiger partial charge in [0, 0.05) is 5.56 Å². The number of hydrogen-bond acceptors (Lipinski definition) is 3. The minimum atomic E-state index is -4.56. The molecule has 88 valence electrons. The van der Waals surface area contributed by atoms with Crippen molar-refractivity contribution in [2.75, 3.05) is 7.11 Å². The zero-order valence-corrected chi connectivity index (χ0v) is 8.25. The van der Waals surface area contributed by atoms with Crippen LogP contribution < -0.4 is 10.5 Å². The van der Waals surface area contributed by atoms with E-state index in [1.165, 1.54) is 6.07 Å². The van der Waals surface area contributed by atoms with Crippen LogP contribution in [0.5, 0.6) is 5.75 Å². The van der Waals surface area contributed by atoms with Gasteiger partial charge in [-0.1, -0.05) is 5.16 Å². The number of hydrogen-bond donors (Lipinski definition) is 2. The number of rotatable bonds is 2. The number of nitrogens with two attached hydrogens (primary N) is 1. The predicted molar refractivity (Wildman–Crippen MR) is 50.5 cm³/mol. The Morgan fingerprint density at radius 1 is 1.44 bits per heavy atom. The molecule has 0 amide bonds. The average Bonchev–Trinajstić information content (AvgIpc) is 2.26. The second kappa shape index (κ2) is 4.30. The van der Waals surface area contributed by atoms with Gasteiger partial charge in [-0.3, -0.25) is 0 Å². The Balaban J connectivity index is 3.33. The third-order valence-corrected chi connectivity index (χ3v) is 1.91. The molecule has 16 heavy (non-hydrogen) atoms. The third kappa shape index (κ3) is 2.36. The van der Waals surface area contributed by atoms with Gasteiger partial charge in [0.2, 0.25) is 0 Å². The maximum atomic E-state index is 12.6. The van der Waals surface area contributed by atoms with E-state index in [1.54, 1.807) is 0 Å². The fourth-order valence-corrected chi connectivity index (χ4v) is 1.15. The first-order valence-electron chi connectivity index (χ1n) is 4.13. The van der Waals surface area contributed by atoms with Crippen molar-refractivity contribution in [2.24, 2.45) is 10.9 Å². The highest BCUT2D eigenvalue weighted by Gasteiger charge is 2.34. The molecule has 0 aliphatic rings. The Bertz CT molecular complexity index is 416. The smallest absolute Gasteiger partial charge is 0.419 e. The molecule has 0 saturated carbocycles. The van der Waals surface area contributed by atoms with Crippen molar-refractivity contribution in [1.29, 1.82) is 0 Å². The fraction of sp³-hybridized carbons (Fsp3) is 0.222. The van der Waals surface area contributed by atoms with E-state index in [4.69, 9.17) is 10.9 Å². The van der Waals surface area contributed by atoms with E-state index < -0.39 is 17.6 Å². The van der Waals surface area contributed by atoms with Crippen molar-refractivity contribution in [3.05, 3.63) is 29.3 Å². The van der Waals surface area contributed by atoms with Crippen LogP contribution in [0.4, 0.5) is 13.2 Å². The minimum absolute atomic E-state index is 0.0318. The summed E-state index contributed by atoms with van der Waals surface area (Å²) in [5.74, 6) is -0.713. The number of ether oxygens (including phenoxy) is 1. The molecule has 1 rings (SSSR count). The van der Waals surface area contributed by atoms with Crippen LogP contribution in [0.15, 0.2) is 23.4 Å². The molecule has 3 N–H and O–H groups in total. The summed E-state index contributed by atoms with van der Waals surface area (Å²) in [6.45, 7) is 0. The zero-order chi connectivity index (χ0) is 12.3. The zero-order valence-electron chi connectivity index (χ0n) is 8.25. The molecular formula is C9H9F3N2O2. The topological polar surface area (TPSA) is 67.8 Å². The molecule has 0 aliphatic carbocycles. The molecule has 0 aliphatic heterocycles. The first kappa shape index (κ1) is 12.2. The Labute approximate surface area is 89.1 Å². The van der Waals surface area contributed by atoms with Crippen molar-refractivity contribution in [3.63, 3.8) is 0 Å². The second-order valence-electron chi connectivity index (χ2n) is 2.90. The van der Waals surface area contributed by atoms with E-state index >= 15 is 0 Å². The summed E-state index contributed by atoms with van der Waals surface area (Å²) in [5, 5.41) is 11.0. The van der Waals surface area contributed by atoms with E-state index in [1.807, 2.05) is 0 Å². The lowest BCUT2D eigenvalue weighted by Crippen LogP contribution is -2.15. The monoisotopic (exact) mass is 234 g/mol. The van der Waals surface area contributed by atoms with E-state index in [0.717, 1.165) is 19.2 Å². The molecule has 1 aromatic carbocycles. The summed E-state index contributed by atoms with van der Waals surface area (Å²) in [4.78, 5) is 0. The quantitative estimate of drug-likeness (QED) is 0.355. The van der Waals surface area contributed by atoms with Crippen LogP contribution in [0.2, 0.25) is 0 Å². The molecule has 4 nitrogen and oxygen atoms in total. The molecule has 0 saturated heterocycles. The number of methoxy groups -OCH3 is 1. The van der Waals surface area contributed by atoms with Gasteiger partial charge in [0.05, 0.1) is 12.7 Å². The van der Waals surface area contributed by atoms with Crippen molar-refractivity contribution in [2.45, 2.75) is 6.18 Å². The summed E-state index contributed by atoms with van der Waals surface area (Å²) < 4.78 is 42.3. The molecule has 7 heteroatoms. The largest absolute Gasteiger partial charge is 0.496 e. The van der Waals surface area contributed by atoms with Crippen LogP contribution in [0, 0.1) is 0 Å². The van der Waals surface area contributed by atoms with Crippen molar-refractivity contribution in [1.82, 2.24) is 0 Å². The lowest BCUT2D eigenvalue weighted by Gasteiger charge is -2.12. The lowest BCUT2D eigenvalue weighted by molar-refractivity contribution is -0.138.